The maximum atomic E-state index is 11.8. The number of nitrogens with zero attached hydrogens (tertiary/aromatic N) is 1. The Labute approximate surface area is 90.9 Å². The zero-order valence-corrected chi connectivity index (χ0v) is 8.84. The molecule has 2 aliphatic rings. The lowest BCUT2D eigenvalue weighted by molar-refractivity contribution is -0.129. The molecule has 0 radical (unpaired) electrons. The first kappa shape index (κ1) is 8.91. The minimum Gasteiger partial charge on any atom is -0.332 e. The molecular weight excluding hydrogens is 212 g/mol. The summed E-state index contributed by atoms with van der Waals surface area (Å²) in [6.07, 6.45) is 1.19. The third kappa shape index (κ3) is 1.26. The van der Waals surface area contributed by atoms with Crippen LogP contribution < -0.4 is 5.32 Å². The molecule has 0 spiro atoms. The number of hydrogen-bond acceptors (Lipinski definition) is 3. The Kier molecular flexibility index (Phi) is 1.82. The SMILES string of the molecule is O=C1NC2CCC(=O)N2Cc2sccc21. The maximum Gasteiger partial charge on any atom is 0.254 e. The molecule has 2 amide bonds. The van der Waals surface area contributed by atoms with Gasteiger partial charge in [-0.1, -0.05) is 0 Å². The number of fused-ring (bicyclic) bond motifs is 2. The van der Waals surface area contributed by atoms with E-state index in [0.29, 0.717) is 13.0 Å². The average molecular weight is 222 g/mol. The summed E-state index contributed by atoms with van der Waals surface area (Å²) in [6, 6.07) is 1.82. The van der Waals surface area contributed by atoms with Gasteiger partial charge in [0.15, 0.2) is 0 Å². The molecule has 5 heteroatoms. The number of carbonyl (C=O) groups is 2. The van der Waals surface area contributed by atoms with Gasteiger partial charge in [-0.15, -0.1) is 11.3 Å². The van der Waals surface area contributed by atoms with E-state index in [1.807, 2.05) is 11.4 Å². The predicted molar refractivity (Wildman–Crippen MR) is 55.4 cm³/mol. The molecule has 3 rings (SSSR count). The summed E-state index contributed by atoms with van der Waals surface area (Å²) in [7, 11) is 0. The Morgan fingerprint density at radius 1 is 1.47 bits per heavy atom. The molecule has 0 bridgehead atoms. The summed E-state index contributed by atoms with van der Waals surface area (Å²) in [5.74, 6) is 0.0926. The van der Waals surface area contributed by atoms with E-state index in [4.69, 9.17) is 0 Å². The first-order valence-electron chi connectivity index (χ1n) is 4.92. The number of hydrogen-bond donors (Lipinski definition) is 1. The van der Waals surface area contributed by atoms with Gasteiger partial charge in [-0.25, -0.2) is 0 Å². The van der Waals surface area contributed by atoms with E-state index in [9.17, 15) is 9.59 Å². The highest BCUT2D eigenvalue weighted by Gasteiger charge is 2.35. The van der Waals surface area contributed by atoms with Gasteiger partial charge in [-0.3, -0.25) is 9.59 Å². The highest BCUT2D eigenvalue weighted by Crippen LogP contribution is 2.27. The van der Waals surface area contributed by atoms with Crippen molar-refractivity contribution in [3.05, 3.63) is 21.9 Å². The summed E-state index contributed by atoms with van der Waals surface area (Å²) in [5.41, 5.74) is 0.724. The molecule has 0 saturated carbocycles. The fourth-order valence-electron chi connectivity index (χ4n) is 2.13. The van der Waals surface area contributed by atoms with Crippen molar-refractivity contribution in [2.45, 2.75) is 25.6 Å². The van der Waals surface area contributed by atoms with Gasteiger partial charge in [0.05, 0.1) is 12.1 Å². The van der Waals surface area contributed by atoms with Crippen LogP contribution in [0.4, 0.5) is 0 Å². The van der Waals surface area contributed by atoms with E-state index in [0.717, 1.165) is 16.9 Å². The van der Waals surface area contributed by atoms with Crippen LogP contribution in [-0.4, -0.2) is 22.9 Å². The molecule has 4 nitrogen and oxygen atoms in total. The van der Waals surface area contributed by atoms with Gasteiger partial charge < -0.3 is 10.2 Å². The Hall–Kier alpha value is -1.36. The van der Waals surface area contributed by atoms with Crippen molar-refractivity contribution in [1.82, 2.24) is 10.2 Å². The quantitative estimate of drug-likeness (QED) is 0.710. The number of nitrogens with one attached hydrogen (secondary N) is 1. The van der Waals surface area contributed by atoms with Crippen molar-refractivity contribution < 1.29 is 9.59 Å². The second-order valence-electron chi connectivity index (χ2n) is 3.81. The zero-order valence-electron chi connectivity index (χ0n) is 8.03. The second kappa shape index (κ2) is 3.06. The third-order valence-electron chi connectivity index (χ3n) is 2.93. The van der Waals surface area contributed by atoms with Gasteiger partial charge in [0.2, 0.25) is 5.91 Å². The van der Waals surface area contributed by atoms with E-state index in [1.54, 1.807) is 4.90 Å². The Morgan fingerprint density at radius 2 is 2.33 bits per heavy atom. The van der Waals surface area contributed by atoms with Crippen molar-refractivity contribution >= 4 is 23.2 Å². The molecule has 78 valence electrons. The van der Waals surface area contributed by atoms with Gasteiger partial charge in [-0.2, -0.15) is 0 Å². The Bertz CT molecular complexity index is 440. The van der Waals surface area contributed by atoms with E-state index < -0.39 is 0 Å². The monoisotopic (exact) mass is 222 g/mol. The maximum absolute atomic E-state index is 11.8. The largest absolute Gasteiger partial charge is 0.332 e. The van der Waals surface area contributed by atoms with Crippen LogP contribution in [0, 0.1) is 0 Å². The van der Waals surface area contributed by atoms with Gasteiger partial charge in [-0.05, 0) is 17.9 Å². The Balaban J connectivity index is 2.02. The molecule has 1 atom stereocenters. The normalized spacial score (nSPS) is 24.5. The van der Waals surface area contributed by atoms with Gasteiger partial charge in [0.1, 0.15) is 6.17 Å². The molecule has 0 aliphatic carbocycles. The van der Waals surface area contributed by atoms with Crippen LogP contribution in [0.5, 0.6) is 0 Å². The fourth-order valence-corrected chi connectivity index (χ4v) is 3.00. The smallest absolute Gasteiger partial charge is 0.254 e. The number of amides is 2. The van der Waals surface area contributed by atoms with Crippen molar-refractivity contribution in [3.63, 3.8) is 0 Å². The molecule has 1 aromatic heterocycles. The van der Waals surface area contributed by atoms with E-state index in [1.165, 1.54) is 11.3 Å². The third-order valence-corrected chi connectivity index (χ3v) is 3.84. The first-order chi connectivity index (χ1) is 7.25. The van der Waals surface area contributed by atoms with E-state index in [-0.39, 0.29) is 18.0 Å². The first-order valence-corrected chi connectivity index (χ1v) is 5.80. The van der Waals surface area contributed by atoms with Crippen LogP contribution in [-0.2, 0) is 11.3 Å². The molecule has 0 aromatic carbocycles. The Morgan fingerprint density at radius 3 is 3.20 bits per heavy atom. The minimum atomic E-state index is -0.0930. The van der Waals surface area contributed by atoms with Crippen LogP contribution in [0.3, 0.4) is 0 Å². The van der Waals surface area contributed by atoms with Gasteiger partial charge in [0, 0.05) is 11.3 Å². The molecule has 1 N–H and O–H groups in total. The minimum absolute atomic E-state index is 0.0477. The van der Waals surface area contributed by atoms with E-state index >= 15 is 0 Å². The molecule has 2 aliphatic heterocycles. The van der Waals surface area contributed by atoms with Crippen LogP contribution >= 0.6 is 11.3 Å². The van der Waals surface area contributed by atoms with Crippen LogP contribution in [0.1, 0.15) is 28.1 Å². The summed E-state index contributed by atoms with van der Waals surface area (Å²) < 4.78 is 0. The molecule has 15 heavy (non-hydrogen) atoms. The molecule has 1 unspecified atom stereocenters. The highest BCUT2D eigenvalue weighted by atomic mass is 32.1. The number of thiophene rings is 1. The molecule has 3 heterocycles. The van der Waals surface area contributed by atoms with Crippen molar-refractivity contribution in [2.75, 3.05) is 0 Å². The lowest BCUT2D eigenvalue weighted by Crippen LogP contribution is -2.42. The van der Waals surface area contributed by atoms with Crippen LogP contribution in [0.2, 0.25) is 0 Å². The standard InChI is InChI=1S/C10H10N2O2S/c13-9-2-1-8-11-10(14)6-3-4-15-7(6)5-12(8)9/h3-4,8H,1-2,5H2,(H,11,14). The van der Waals surface area contributed by atoms with Crippen molar-refractivity contribution in [3.8, 4) is 0 Å². The molecule has 1 aromatic rings. The summed E-state index contributed by atoms with van der Waals surface area (Å²) in [4.78, 5) is 26.1. The molecular formula is C10H10N2O2S. The summed E-state index contributed by atoms with van der Waals surface area (Å²) in [5, 5.41) is 4.78. The highest BCUT2D eigenvalue weighted by molar-refractivity contribution is 7.10. The number of carbonyl (C=O) groups excluding carboxylic acids is 2. The zero-order chi connectivity index (χ0) is 10.4. The second-order valence-corrected chi connectivity index (χ2v) is 4.81. The molecule has 1 saturated heterocycles. The molecule has 1 fully saturated rings. The van der Waals surface area contributed by atoms with Crippen LogP contribution in [0.25, 0.3) is 0 Å². The van der Waals surface area contributed by atoms with Gasteiger partial charge in [0.25, 0.3) is 5.91 Å². The van der Waals surface area contributed by atoms with Crippen molar-refractivity contribution in [2.24, 2.45) is 0 Å². The fraction of sp³-hybridized carbons (Fsp3) is 0.400. The van der Waals surface area contributed by atoms with Gasteiger partial charge >= 0.3 is 0 Å². The number of rotatable bonds is 0. The summed E-state index contributed by atoms with van der Waals surface area (Å²) >= 11 is 1.54. The summed E-state index contributed by atoms with van der Waals surface area (Å²) in [6.45, 7) is 0.579. The lowest BCUT2D eigenvalue weighted by Gasteiger charge is -2.21. The lowest BCUT2D eigenvalue weighted by atomic mass is 10.2. The van der Waals surface area contributed by atoms with Crippen LogP contribution in [0.15, 0.2) is 11.4 Å². The van der Waals surface area contributed by atoms with Crippen molar-refractivity contribution in [1.29, 1.82) is 0 Å². The topological polar surface area (TPSA) is 49.4 Å². The average Bonchev–Trinajstić information content (AvgIpc) is 2.76. The predicted octanol–water partition coefficient (Wildman–Crippen LogP) is 0.940. The van der Waals surface area contributed by atoms with E-state index in [2.05, 4.69) is 5.32 Å².